The molecule has 0 fully saturated rings. The highest BCUT2D eigenvalue weighted by molar-refractivity contribution is 6.09. The van der Waals surface area contributed by atoms with Gasteiger partial charge in [0, 0.05) is 24.0 Å². The summed E-state index contributed by atoms with van der Waals surface area (Å²) in [5.41, 5.74) is 1.87. The van der Waals surface area contributed by atoms with Crippen LogP contribution in [-0.2, 0) is 6.54 Å². The van der Waals surface area contributed by atoms with Crippen molar-refractivity contribution in [3.05, 3.63) is 41.5 Å². The van der Waals surface area contributed by atoms with Crippen LogP contribution in [0.25, 0.3) is 0 Å². The molecule has 0 aromatic carbocycles. The monoisotopic (exact) mass is 288 g/mol. The van der Waals surface area contributed by atoms with Gasteiger partial charge in [0.15, 0.2) is 11.4 Å². The van der Waals surface area contributed by atoms with Crippen molar-refractivity contribution < 1.29 is 9.53 Å². The lowest BCUT2D eigenvalue weighted by Gasteiger charge is -2.12. The summed E-state index contributed by atoms with van der Waals surface area (Å²) in [7, 11) is 5.50. The maximum atomic E-state index is 12.7. The van der Waals surface area contributed by atoms with Crippen LogP contribution in [0.1, 0.15) is 21.7 Å². The van der Waals surface area contributed by atoms with Gasteiger partial charge in [-0.3, -0.25) is 14.5 Å². The number of pyridine rings is 1. The van der Waals surface area contributed by atoms with Crippen LogP contribution in [0, 0.1) is 6.92 Å². The Bertz CT molecular complexity index is 634. The molecule has 0 N–H and O–H groups in total. The number of rotatable bonds is 6. The van der Waals surface area contributed by atoms with Gasteiger partial charge < -0.3 is 9.64 Å². The van der Waals surface area contributed by atoms with Crippen LogP contribution in [0.15, 0.2) is 24.5 Å². The number of nitrogens with zero attached hydrogens (tertiary/aromatic N) is 4. The molecule has 0 unspecified atom stereocenters. The first-order valence-electron chi connectivity index (χ1n) is 6.75. The molecule has 0 spiro atoms. The SMILES string of the molecule is COc1cnn(CCN(C)C)c1C(=O)c1ccnc(C)c1. The van der Waals surface area contributed by atoms with Crippen molar-refractivity contribution in [3.63, 3.8) is 0 Å². The summed E-state index contributed by atoms with van der Waals surface area (Å²) in [5, 5.41) is 4.26. The standard InChI is InChI=1S/C15H20N4O2/c1-11-9-12(5-6-16-11)15(20)14-13(21-4)10-17-19(14)8-7-18(2)3/h5-6,9-10H,7-8H2,1-4H3. The second kappa shape index (κ2) is 6.49. The van der Waals surface area contributed by atoms with Gasteiger partial charge in [-0.2, -0.15) is 5.10 Å². The van der Waals surface area contributed by atoms with Crippen LogP contribution in [0.5, 0.6) is 5.75 Å². The maximum absolute atomic E-state index is 12.7. The van der Waals surface area contributed by atoms with E-state index in [0.717, 1.165) is 12.2 Å². The van der Waals surface area contributed by atoms with E-state index in [1.54, 1.807) is 36.3 Å². The zero-order valence-corrected chi connectivity index (χ0v) is 12.8. The average Bonchev–Trinajstić information content (AvgIpc) is 2.87. The number of ketones is 1. The van der Waals surface area contributed by atoms with Crippen molar-refractivity contribution >= 4 is 5.78 Å². The Labute approximate surface area is 124 Å². The molecule has 0 aliphatic rings. The number of methoxy groups -OCH3 is 1. The largest absolute Gasteiger partial charge is 0.493 e. The first-order valence-corrected chi connectivity index (χ1v) is 6.75. The smallest absolute Gasteiger partial charge is 0.214 e. The highest BCUT2D eigenvalue weighted by Gasteiger charge is 2.21. The molecule has 6 nitrogen and oxygen atoms in total. The zero-order valence-electron chi connectivity index (χ0n) is 12.8. The van der Waals surface area contributed by atoms with Crippen LogP contribution >= 0.6 is 0 Å². The summed E-state index contributed by atoms with van der Waals surface area (Å²) in [6.45, 7) is 3.28. The van der Waals surface area contributed by atoms with Gasteiger partial charge in [0.05, 0.1) is 19.9 Å². The molecular weight excluding hydrogens is 268 g/mol. The second-order valence-corrected chi connectivity index (χ2v) is 5.10. The molecule has 0 bridgehead atoms. The van der Waals surface area contributed by atoms with E-state index >= 15 is 0 Å². The van der Waals surface area contributed by atoms with E-state index in [0.29, 0.717) is 23.6 Å². The summed E-state index contributed by atoms with van der Waals surface area (Å²) in [6.07, 6.45) is 3.21. The molecule has 0 radical (unpaired) electrons. The Morgan fingerprint density at radius 2 is 2.19 bits per heavy atom. The van der Waals surface area contributed by atoms with Crippen LogP contribution in [0.4, 0.5) is 0 Å². The molecule has 112 valence electrons. The Morgan fingerprint density at radius 1 is 1.43 bits per heavy atom. The van der Waals surface area contributed by atoms with Crippen LogP contribution in [0.3, 0.4) is 0 Å². The van der Waals surface area contributed by atoms with Crippen molar-refractivity contribution in [2.24, 2.45) is 0 Å². The van der Waals surface area contributed by atoms with E-state index in [2.05, 4.69) is 10.1 Å². The minimum absolute atomic E-state index is 0.103. The third kappa shape index (κ3) is 3.46. The van der Waals surface area contributed by atoms with Gasteiger partial charge in [-0.15, -0.1) is 0 Å². The number of likely N-dealkylation sites (N-methyl/N-ethyl adjacent to an activating group) is 1. The molecule has 0 atom stereocenters. The predicted octanol–water partition coefficient (Wildman–Crippen LogP) is 1.39. The Hall–Kier alpha value is -2.21. The lowest BCUT2D eigenvalue weighted by molar-refractivity contribution is 0.102. The van der Waals surface area contributed by atoms with E-state index in [-0.39, 0.29) is 5.78 Å². The summed E-state index contributed by atoms with van der Waals surface area (Å²) in [4.78, 5) is 18.9. The molecular formula is C15H20N4O2. The predicted molar refractivity (Wildman–Crippen MR) is 79.7 cm³/mol. The Kier molecular flexibility index (Phi) is 4.70. The highest BCUT2D eigenvalue weighted by atomic mass is 16.5. The van der Waals surface area contributed by atoms with Gasteiger partial charge in [-0.05, 0) is 33.2 Å². The van der Waals surface area contributed by atoms with Gasteiger partial charge in [0.2, 0.25) is 5.78 Å². The number of ether oxygens (including phenoxy) is 1. The fourth-order valence-electron chi connectivity index (χ4n) is 2.03. The third-order valence-electron chi connectivity index (χ3n) is 3.16. The number of carbonyl (C=O) groups is 1. The van der Waals surface area contributed by atoms with E-state index in [1.165, 1.54) is 0 Å². The number of hydrogen-bond donors (Lipinski definition) is 0. The van der Waals surface area contributed by atoms with Crippen molar-refractivity contribution in [2.75, 3.05) is 27.7 Å². The fourth-order valence-corrected chi connectivity index (χ4v) is 2.03. The number of carbonyl (C=O) groups excluding carboxylic acids is 1. The maximum Gasteiger partial charge on any atom is 0.214 e. The van der Waals surface area contributed by atoms with Crippen LogP contribution < -0.4 is 4.74 Å². The van der Waals surface area contributed by atoms with Gasteiger partial charge in [-0.1, -0.05) is 0 Å². The quantitative estimate of drug-likeness (QED) is 0.752. The topological polar surface area (TPSA) is 60.2 Å². The van der Waals surface area contributed by atoms with Gasteiger partial charge >= 0.3 is 0 Å². The summed E-state index contributed by atoms with van der Waals surface area (Å²) >= 11 is 0. The Balaban J connectivity index is 2.36. The molecule has 0 aliphatic heterocycles. The molecule has 21 heavy (non-hydrogen) atoms. The molecule has 2 heterocycles. The minimum atomic E-state index is -0.103. The summed E-state index contributed by atoms with van der Waals surface area (Å²) < 4.78 is 6.96. The first-order chi connectivity index (χ1) is 10.0. The van der Waals surface area contributed by atoms with Crippen LogP contribution in [-0.4, -0.2) is 53.2 Å². The number of hydrogen-bond acceptors (Lipinski definition) is 5. The van der Waals surface area contributed by atoms with Gasteiger partial charge in [0.25, 0.3) is 0 Å². The van der Waals surface area contributed by atoms with Crippen molar-refractivity contribution in [3.8, 4) is 5.75 Å². The van der Waals surface area contributed by atoms with Gasteiger partial charge in [-0.25, -0.2) is 0 Å². The fraction of sp³-hybridized carbons (Fsp3) is 0.400. The molecule has 2 aromatic heterocycles. The van der Waals surface area contributed by atoms with E-state index < -0.39 is 0 Å². The van der Waals surface area contributed by atoms with Gasteiger partial charge in [0.1, 0.15) is 0 Å². The molecule has 2 rings (SSSR count). The zero-order chi connectivity index (χ0) is 15.4. The Morgan fingerprint density at radius 3 is 2.81 bits per heavy atom. The molecule has 0 amide bonds. The van der Waals surface area contributed by atoms with Crippen LogP contribution in [0.2, 0.25) is 0 Å². The van der Waals surface area contributed by atoms with E-state index in [9.17, 15) is 4.79 Å². The molecule has 6 heteroatoms. The molecule has 0 saturated heterocycles. The first kappa shape index (κ1) is 15.2. The summed E-state index contributed by atoms with van der Waals surface area (Å²) in [5.74, 6) is 0.391. The molecule has 2 aromatic rings. The summed E-state index contributed by atoms with van der Waals surface area (Å²) in [6, 6.07) is 3.48. The lowest BCUT2D eigenvalue weighted by atomic mass is 10.1. The molecule has 0 saturated carbocycles. The number of aryl methyl sites for hydroxylation is 1. The molecule has 0 aliphatic carbocycles. The van der Waals surface area contributed by atoms with E-state index in [1.807, 2.05) is 25.9 Å². The van der Waals surface area contributed by atoms with E-state index in [4.69, 9.17) is 4.74 Å². The van der Waals surface area contributed by atoms with Crippen molar-refractivity contribution in [2.45, 2.75) is 13.5 Å². The van der Waals surface area contributed by atoms with Crippen molar-refractivity contribution in [1.29, 1.82) is 0 Å². The second-order valence-electron chi connectivity index (χ2n) is 5.10. The number of aromatic nitrogens is 3. The van der Waals surface area contributed by atoms with Crippen molar-refractivity contribution in [1.82, 2.24) is 19.7 Å². The lowest BCUT2D eigenvalue weighted by Crippen LogP contribution is -2.22. The normalized spacial score (nSPS) is 10.9. The third-order valence-corrected chi connectivity index (χ3v) is 3.16. The average molecular weight is 288 g/mol. The highest BCUT2D eigenvalue weighted by Crippen LogP contribution is 2.21. The minimum Gasteiger partial charge on any atom is -0.493 e.